The minimum absolute atomic E-state index is 0.00417. The fourth-order valence-corrected chi connectivity index (χ4v) is 6.87. The van der Waals surface area contributed by atoms with Gasteiger partial charge in [0.1, 0.15) is 12.1 Å². The van der Waals surface area contributed by atoms with Gasteiger partial charge in [0, 0.05) is 22.5 Å². The Bertz CT molecular complexity index is 1040. The van der Waals surface area contributed by atoms with Gasteiger partial charge in [0.15, 0.2) is 11.4 Å². The largest absolute Gasteiger partial charge is 0.352 e. The van der Waals surface area contributed by atoms with Gasteiger partial charge in [-0.25, -0.2) is 9.97 Å². The molecule has 31 heavy (non-hydrogen) atoms. The van der Waals surface area contributed by atoms with Gasteiger partial charge in [-0.15, -0.1) is 0 Å². The first-order chi connectivity index (χ1) is 14.2. The number of hydrogen-bond acceptors (Lipinski definition) is 6. The summed E-state index contributed by atoms with van der Waals surface area (Å²) in [5, 5.41) is 26.0. The number of hydrogen-bond donors (Lipinski definition) is 2. The molecule has 0 unspecified atom stereocenters. The van der Waals surface area contributed by atoms with Crippen LogP contribution in [0.3, 0.4) is 0 Å². The highest BCUT2D eigenvalue weighted by atomic mass is 16.2. The third-order valence-electron chi connectivity index (χ3n) is 8.39. The molecule has 1 saturated carbocycles. The van der Waals surface area contributed by atoms with Gasteiger partial charge in [-0.3, -0.25) is 4.79 Å². The Hall–Kier alpha value is -2.51. The molecule has 1 aliphatic heterocycles. The molecule has 2 fully saturated rings. The van der Waals surface area contributed by atoms with Crippen molar-refractivity contribution in [1.82, 2.24) is 20.6 Å². The average molecular weight is 421 g/mol. The molecule has 164 valence electrons. The van der Waals surface area contributed by atoms with Crippen LogP contribution in [0.15, 0.2) is 0 Å². The lowest BCUT2D eigenvalue weighted by Gasteiger charge is -2.48. The first-order valence-electron chi connectivity index (χ1n) is 11.1. The van der Waals surface area contributed by atoms with Crippen LogP contribution in [-0.2, 0) is 15.6 Å². The van der Waals surface area contributed by atoms with Crippen LogP contribution in [0, 0.1) is 28.1 Å². The van der Waals surface area contributed by atoms with Gasteiger partial charge in [-0.2, -0.15) is 10.5 Å². The summed E-state index contributed by atoms with van der Waals surface area (Å²) in [4.78, 5) is 23.2. The predicted molar refractivity (Wildman–Crippen MR) is 116 cm³/mol. The van der Waals surface area contributed by atoms with Crippen molar-refractivity contribution in [2.24, 2.45) is 5.41 Å². The Morgan fingerprint density at radius 1 is 0.935 bits per heavy atom. The first kappa shape index (κ1) is 21.7. The maximum absolute atomic E-state index is 14.0. The zero-order valence-electron chi connectivity index (χ0n) is 19.6. The van der Waals surface area contributed by atoms with E-state index in [1.165, 1.54) is 0 Å². The van der Waals surface area contributed by atoms with Crippen LogP contribution in [0.2, 0.25) is 0 Å². The molecule has 3 aliphatic rings. The summed E-state index contributed by atoms with van der Waals surface area (Å²) in [7, 11) is 0. The van der Waals surface area contributed by atoms with Crippen molar-refractivity contribution in [3.05, 3.63) is 22.8 Å². The molecule has 1 aromatic heterocycles. The van der Waals surface area contributed by atoms with E-state index in [1.807, 2.05) is 12.1 Å². The molecule has 7 heteroatoms. The standard InChI is InChI=1S/C24H32N6O/c1-20(2)10-14(11-21(3,4)30-20)27-19(31)24-9-8-23(7,22(24,5)6)17-18(24)29-16(13-26)15(12-25)28-17/h14,30H,8-11H2,1-7H3,(H,27,31)/t23-,24-/m0/s1. The number of carbonyl (C=O) groups excluding carboxylic acids is 1. The number of aromatic nitrogens is 2. The lowest BCUT2D eigenvalue weighted by Crippen LogP contribution is -2.64. The third kappa shape index (κ3) is 2.76. The van der Waals surface area contributed by atoms with Crippen molar-refractivity contribution in [3.63, 3.8) is 0 Å². The molecule has 0 spiro atoms. The molecule has 7 nitrogen and oxygen atoms in total. The van der Waals surface area contributed by atoms with E-state index < -0.39 is 10.8 Å². The second kappa shape index (κ2) is 6.26. The van der Waals surface area contributed by atoms with E-state index in [-0.39, 0.29) is 39.8 Å². The second-order valence-corrected chi connectivity index (χ2v) is 11.7. The first-order valence-corrected chi connectivity index (χ1v) is 11.1. The van der Waals surface area contributed by atoms with E-state index in [2.05, 4.69) is 69.1 Å². The molecule has 1 amide bonds. The molecule has 0 radical (unpaired) electrons. The quantitative estimate of drug-likeness (QED) is 0.760. The number of rotatable bonds is 2. The summed E-state index contributed by atoms with van der Waals surface area (Å²) >= 11 is 0. The summed E-state index contributed by atoms with van der Waals surface area (Å²) in [5.41, 5.74) is -0.493. The van der Waals surface area contributed by atoms with Crippen molar-refractivity contribution in [2.45, 2.75) is 102 Å². The summed E-state index contributed by atoms with van der Waals surface area (Å²) in [6, 6.07) is 4.04. The van der Waals surface area contributed by atoms with Gasteiger partial charge in [0.2, 0.25) is 5.91 Å². The smallest absolute Gasteiger partial charge is 0.233 e. The predicted octanol–water partition coefficient (Wildman–Crippen LogP) is 2.97. The minimum Gasteiger partial charge on any atom is -0.352 e. The summed E-state index contributed by atoms with van der Waals surface area (Å²) in [5.74, 6) is -0.0265. The fraction of sp³-hybridized carbons (Fsp3) is 0.708. The highest BCUT2D eigenvalue weighted by Gasteiger charge is 2.73. The molecule has 2 atom stereocenters. The van der Waals surface area contributed by atoms with Crippen molar-refractivity contribution in [3.8, 4) is 12.1 Å². The van der Waals surface area contributed by atoms with Crippen LogP contribution in [0.25, 0.3) is 0 Å². The molecule has 1 saturated heterocycles. The summed E-state index contributed by atoms with van der Waals surface area (Å²) < 4.78 is 0. The van der Waals surface area contributed by atoms with Crippen LogP contribution in [0.4, 0.5) is 0 Å². The average Bonchev–Trinajstić information content (AvgIpc) is 2.93. The zero-order valence-corrected chi connectivity index (χ0v) is 19.6. The maximum Gasteiger partial charge on any atom is 0.233 e. The number of nitrogens with zero attached hydrogens (tertiary/aromatic N) is 4. The van der Waals surface area contributed by atoms with Crippen LogP contribution in [0.1, 0.15) is 96.9 Å². The molecule has 2 heterocycles. The van der Waals surface area contributed by atoms with Gasteiger partial charge in [-0.05, 0) is 58.8 Å². The summed E-state index contributed by atoms with van der Waals surface area (Å²) in [6.07, 6.45) is 3.14. The van der Waals surface area contributed by atoms with Crippen molar-refractivity contribution >= 4 is 5.91 Å². The van der Waals surface area contributed by atoms with Crippen LogP contribution < -0.4 is 10.6 Å². The Kier molecular flexibility index (Phi) is 4.39. The normalized spacial score (nSPS) is 32.0. The number of fused-ring (bicyclic) bond motifs is 5. The van der Waals surface area contributed by atoms with Crippen LogP contribution >= 0.6 is 0 Å². The van der Waals surface area contributed by atoms with Crippen molar-refractivity contribution in [1.29, 1.82) is 10.5 Å². The molecule has 4 rings (SSSR count). The molecule has 2 N–H and O–H groups in total. The van der Waals surface area contributed by atoms with Gasteiger partial charge < -0.3 is 10.6 Å². The van der Waals surface area contributed by atoms with E-state index in [0.717, 1.165) is 19.3 Å². The Morgan fingerprint density at radius 3 is 1.97 bits per heavy atom. The van der Waals surface area contributed by atoms with E-state index >= 15 is 0 Å². The second-order valence-electron chi connectivity index (χ2n) is 11.7. The lowest BCUT2D eigenvalue weighted by molar-refractivity contribution is -0.131. The highest BCUT2D eigenvalue weighted by Crippen LogP contribution is 2.70. The van der Waals surface area contributed by atoms with E-state index in [1.54, 1.807) is 0 Å². The lowest BCUT2D eigenvalue weighted by atomic mass is 9.63. The fourth-order valence-electron chi connectivity index (χ4n) is 6.87. The summed E-state index contributed by atoms with van der Waals surface area (Å²) in [6.45, 7) is 15.0. The number of amides is 1. The van der Waals surface area contributed by atoms with Gasteiger partial charge in [-0.1, -0.05) is 20.8 Å². The van der Waals surface area contributed by atoms with E-state index in [9.17, 15) is 15.3 Å². The number of carbonyl (C=O) groups is 1. The van der Waals surface area contributed by atoms with E-state index in [4.69, 9.17) is 0 Å². The molecular formula is C24H32N6O. The van der Waals surface area contributed by atoms with E-state index in [0.29, 0.717) is 17.8 Å². The Morgan fingerprint density at radius 2 is 1.45 bits per heavy atom. The van der Waals surface area contributed by atoms with Gasteiger partial charge in [0.25, 0.3) is 0 Å². The monoisotopic (exact) mass is 420 g/mol. The van der Waals surface area contributed by atoms with Crippen molar-refractivity contribution < 1.29 is 4.79 Å². The highest BCUT2D eigenvalue weighted by molar-refractivity contribution is 5.92. The zero-order chi connectivity index (χ0) is 23.0. The minimum atomic E-state index is -0.858. The molecular weight excluding hydrogens is 388 g/mol. The molecule has 2 bridgehead atoms. The molecule has 2 aliphatic carbocycles. The number of nitrogens with one attached hydrogen (secondary N) is 2. The van der Waals surface area contributed by atoms with Crippen LogP contribution in [0.5, 0.6) is 0 Å². The topological polar surface area (TPSA) is 114 Å². The number of nitriles is 2. The van der Waals surface area contributed by atoms with Crippen molar-refractivity contribution in [2.75, 3.05) is 0 Å². The SMILES string of the molecule is CC1(C)CC(NC(=O)[C@]23CC[C@@](C)(c4nc(C#N)c(C#N)nc42)C3(C)C)CC(C)(C)N1. The molecule has 0 aromatic carbocycles. The van der Waals surface area contributed by atoms with Crippen LogP contribution in [-0.4, -0.2) is 33.0 Å². The molecule has 1 aromatic rings. The third-order valence-corrected chi connectivity index (χ3v) is 8.39. The maximum atomic E-state index is 14.0. The van der Waals surface area contributed by atoms with Gasteiger partial charge >= 0.3 is 0 Å². The Balaban J connectivity index is 1.79. The Labute approximate surface area is 184 Å². The number of piperidine rings is 1. The van der Waals surface area contributed by atoms with Gasteiger partial charge in [0.05, 0.1) is 16.8 Å².